The minimum Gasteiger partial charge on any atom is -0.377 e. The maximum Gasteiger partial charge on any atom is 0.222 e. The monoisotopic (exact) mass is 356 g/mol. The van der Waals surface area contributed by atoms with Crippen LogP contribution in [0, 0.1) is 11.8 Å². The molecule has 0 N–H and O–H groups in total. The molecule has 3 saturated heterocycles. The lowest BCUT2D eigenvalue weighted by atomic mass is 9.95. The Labute approximate surface area is 157 Å². The van der Waals surface area contributed by atoms with Gasteiger partial charge >= 0.3 is 0 Å². The summed E-state index contributed by atoms with van der Waals surface area (Å²) in [6.45, 7) is 5.71. The summed E-state index contributed by atoms with van der Waals surface area (Å²) in [7, 11) is 0. The molecule has 3 heterocycles. The van der Waals surface area contributed by atoms with E-state index in [1.165, 1.54) is 44.3 Å². The third-order valence-corrected chi connectivity index (χ3v) is 6.16. The van der Waals surface area contributed by atoms with E-state index >= 15 is 0 Å². The zero-order valence-corrected chi connectivity index (χ0v) is 15.8. The van der Waals surface area contributed by atoms with E-state index < -0.39 is 0 Å². The summed E-state index contributed by atoms with van der Waals surface area (Å²) >= 11 is 0. The second-order valence-corrected chi connectivity index (χ2v) is 8.43. The first-order chi connectivity index (χ1) is 12.8. The van der Waals surface area contributed by atoms with Gasteiger partial charge in [-0.2, -0.15) is 0 Å². The van der Waals surface area contributed by atoms with Crippen molar-refractivity contribution in [1.29, 1.82) is 0 Å². The quantitative estimate of drug-likeness (QED) is 0.670. The maximum atomic E-state index is 12.7. The molecule has 3 aliphatic heterocycles. The number of fused-ring (bicyclic) bond motifs is 4. The summed E-state index contributed by atoms with van der Waals surface area (Å²) in [6, 6.07) is 10.8. The largest absolute Gasteiger partial charge is 0.377 e. The van der Waals surface area contributed by atoms with Gasteiger partial charge in [-0.3, -0.25) is 9.69 Å². The molecule has 1 saturated carbocycles. The van der Waals surface area contributed by atoms with Crippen LogP contribution in [0.15, 0.2) is 30.3 Å². The molecule has 2 bridgehead atoms. The Morgan fingerprint density at radius 3 is 2.69 bits per heavy atom. The third-order valence-electron chi connectivity index (χ3n) is 6.16. The Kier molecular flexibility index (Phi) is 5.91. The summed E-state index contributed by atoms with van der Waals surface area (Å²) in [6.07, 6.45) is 6.86. The van der Waals surface area contributed by atoms with Gasteiger partial charge in [0.05, 0.1) is 6.61 Å². The van der Waals surface area contributed by atoms with Gasteiger partial charge in [0.25, 0.3) is 0 Å². The van der Waals surface area contributed by atoms with Crippen molar-refractivity contribution in [3.63, 3.8) is 0 Å². The summed E-state index contributed by atoms with van der Waals surface area (Å²) in [5.74, 6) is 1.96. The van der Waals surface area contributed by atoms with Crippen LogP contribution in [0.2, 0.25) is 0 Å². The van der Waals surface area contributed by atoms with Crippen molar-refractivity contribution in [2.24, 2.45) is 11.8 Å². The van der Waals surface area contributed by atoms with Crippen molar-refractivity contribution in [2.75, 3.05) is 32.8 Å². The minimum absolute atomic E-state index is 0.332. The first-order valence-corrected chi connectivity index (χ1v) is 10.4. The van der Waals surface area contributed by atoms with Gasteiger partial charge in [0.15, 0.2) is 0 Å². The lowest BCUT2D eigenvalue weighted by Crippen LogP contribution is -2.45. The molecule has 1 aromatic rings. The fourth-order valence-corrected chi connectivity index (χ4v) is 4.49. The first-order valence-electron chi connectivity index (χ1n) is 10.4. The lowest BCUT2D eigenvalue weighted by molar-refractivity contribution is -0.132. The molecule has 4 fully saturated rings. The molecule has 1 aliphatic carbocycles. The standard InChI is InChI=1S/C22H32N2O2/c25-22(7-4-12-26-17-19-5-2-1-3-6-19)24-15-20-10-11-21(16-24)23(14-20)13-18-8-9-18/h1-3,5-6,18,20-21H,4,7-17H2/t20-,21-/m0/s1. The molecule has 26 heavy (non-hydrogen) atoms. The minimum atomic E-state index is 0.332. The molecule has 4 heteroatoms. The fourth-order valence-electron chi connectivity index (χ4n) is 4.49. The summed E-state index contributed by atoms with van der Waals surface area (Å²) in [5.41, 5.74) is 1.19. The normalized spacial score (nSPS) is 26.1. The van der Waals surface area contributed by atoms with Crippen molar-refractivity contribution >= 4 is 5.91 Å². The van der Waals surface area contributed by atoms with Crippen molar-refractivity contribution in [3.8, 4) is 0 Å². The maximum absolute atomic E-state index is 12.7. The van der Waals surface area contributed by atoms with E-state index in [-0.39, 0.29) is 0 Å². The van der Waals surface area contributed by atoms with E-state index in [0.717, 1.165) is 25.4 Å². The summed E-state index contributed by atoms with van der Waals surface area (Å²) < 4.78 is 5.73. The van der Waals surface area contributed by atoms with Crippen molar-refractivity contribution in [2.45, 2.75) is 51.2 Å². The lowest BCUT2D eigenvalue weighted by Gasteiger charge is -2.36. The van der Waals surface area contributed by atoms with Crippen molar-refractivity contribution in [3.05, 3.63) is 35.9 Å². The average Bonchev–Trinajstić information content (AvgIpc) is 3.50. The molecule has 1 amide bonds. The van der Waals surface area contributed by atoms with Gasteiger partial charge in [-0.25, -0.2) is 0 Å². The zero-order chi connectivity index (χ0) is 17.8. The van der Waals surface area contributed by atoms with Crippen LogP contribution >= 0.6 is 0 Å². The molecular weight excluding hydrogens is 324 g/mol. The number of hydrogen-bond acceptors (Lipinski definition) is 3. The Morgan fingerprint density at radius 2 is 1.88 bits per heavy atom. The second-order valence-electron chi connectivity index (χ2n) is 8.43. The van der Waals surface area contributed by atoms with Crippen LogP contribution in [0.4, 0.5) is 0 Å². The zero-order valence-electron chi connectivity index (χ0n) is 15.8. The molecule has 0 unspecified atom stereocenters. The topological polar surface area (TPSA) is 32.8 Å². The van der Waals surface area contributed by atoms with Crippen LogP contribution in [-0.4, -0.2) is 54.5 Å². The Bertz CT molecular complexity index is 587. The number of amides is 1. The number of carbonyl (C=O) groups is 1. The van der Waals surface area contributed by atoms with E-state index in [1.807, 2.05) is 18.2 Å². The predicted octanol–water partition coefficient (Wildman–Crippen LogP) is 3.32. The third kappa shape index (κ3) is 4.86. The second kappa shape index (κ2) is 8.53. The van der Waals surface area contributed by atoms with E-state index in [9.17, 15) is 4.79 Å². The van der Waals surface area contributed by atoms with Gasteiger partial charge < -0.3 is 9.64 Å². The van der Waals surface area contributed by atoms with Gasteiger partial charge in [-0.1, -0.05) is 30.3 Å². The van der Waals surface area contributed by atoms with E-state index in [4.69, 9.17) is 4.74 Å². The molecule has 5 rings (SSSR count). The van der Waals surface area contributed by atoms with E-state index in [2.05, 4.69) is 21.9 Å². The van der Waals surface area contributed by atoms with Crippen LogP contribution in [-0.2, 0) is 16.1 Å². The predicted molar refractivity (Wildman–Crippen MR) is 103 cm³/mol. The van der Waals surface area contributed by atoms with Gasteiger partial charge in [0, 0.05) is 45.2 Å². The Morgan fingerprint density at radius 1 is 1.04 bits per heavy atom. The number of carbonyl (C=O) groups excluding carboxylic acids is 1. The summed E-state index contributed by atoms with van der Waals surface area (Å²) in [5, 5.41) is 0. The highest BCUT2D eigenvalue weighted by molar-refractivity contribution is 5.76. The number of rotatable bonds is 8. The van der Waals surface area contributed by atoms with Crippen molar-refractivity contribution in [1.82, 2.24) is 9.80 Å². The highest BCUT2D eigenvalue weighted by Crippen LogP contribution is 2.34. The number of benzene rings is 1. The molecule has 0 radical (unpaired) electrons. The SMILES string of the molecule is O=C(CCCOCc1ccccc1)N1C[C@H]2CC[C@@H](C1)N(CC1CC1)C2. The highest BCUT2D eigenvalue weighted by atomic mass is 16.5. The molecule has 4 aliphatic rings. The Hall–Kier alpha value is -1.39. The van der Waals surface area contributed by atoms with E-state index in [1.54, 1.807) is 0 Å². The molecule has 2 atom stereocenters. The molecule has 1 aromatic carbocycles. The average molecular weight is 357 g/mol. The highest BCUT2D eigenvalue weighted by Gasteiger charge is 2.38. The van der Waals surface area contributed by atoms with Gasteiger partial charge in [-0.15, -0.1) is 0 Å². The summed E-state index contributed by atoms with van der Waals surface area (Å²) in [4.78, 5) is 17.6. The molecule has 4 nitrogen and oxygen atoms in total. The van der Waals surface area contributed by atoms with Crippen LogP contribution < -0.4 is 0 Å². The first kappa shape index (κ1) is 18.0. The molecular formula is C22H32N2O2. The van der Waals surface area contributed by atoms with Crippen LogP contribution in [0.5, 0.6) is 0 Å². The number of nitrogens with zero attached hydrogens (tertiary/aromatic N) is 2. The van der Waals surface area contributed by atoms with Gasteiger partial charge in [-0.05, 0) is 49.5 Å². The molecule has 0 spiro atoms. The number of hydrogen-bond donors (Lipinski definition) is 0. The number of ether oxygens (including phenoxy) is 1. The van der Waals surface area contributed by atoms with Crippen molar-refractivity contribution < 1.29 is 9.53 Å². The molecule has 142 valence electrons. The van der Waals surface area contributed by atoms with Crippen LogP contribution in [0.1, 0.15) is 44.1 Å². The smallest absolute Gasteiger partial charge is 0.222 e. The van der Waals surface area contributed by atoms with Crippen LogP contribution in [0.25, 0.3) is 0 Å². The van der Waals surface area contributed by atoms with E-state index in [0.29, 0.717) is 37.5 Å². The van der Waals surface area contributed by atoms with Crippen LogP contribution in [0.3, 0.4) is 0 Å². The van der Waals surface area contributed by atoms with Gasteiger partial charge in [0.2, 0.25) is 5.91 Å². The van der Waals surface area contributed by atoms with Gasteiger partial charge in [0.1, 0.15) is 0 Å². The Balaban J connectivity index is 1.18. The molecule has 0 aromatic heterocycles. The number of piperidine rings is 1. The fraction of sp³-hybridized carbons (Fsp3) is 0.682.